The van der Waals surface area contributed by atoms with E-state index in [0.717, 1.165) is 0 Å². The van der Waals surface area contributed by atoms with Gasteiger partial charge < -0.3 is 76.0 Å². The zero-order valence-corrected chi connectivity index (χ0v) is 12.3. The van der Waals surface area contributed by atoms with E-state index in [1.807, 2.05) is 0 Å². The minimum Gasteiger partial charge on any atom is -0.356 e. The average Bonchev–Trinajstić information content (AvgIpc) is 1.94. The quantitative estimate of drug-likeness (QED) is 0.221. The minimum atomic E-state index is -2.62. The predicted molar refractivity (Wildman–Crippen MR) is 55.0 cm³/mol. The third-order valence-electron chi connectivity index (χ3n) is 0. The van der Waals surface area contributed by atoms with Gasteiger partial charge in [0.15, 0.2) is 0 Å². The summed E-state index contributed by atoms with van der Waals surface area (Å²) in [6.07, 6.45) is 0. The molecule has 0 aliphatic carbocycles. The molecule has 19 nitrogen and oxygen atoms in total. The largest absolute Gasteiger partial charge is 4.00 e. The molecule has 0 atom stereocenters. The number of nitrogens with zero attached hydrogens (tertiary/aromatic N) is 4. The van der Waals surface area contributed by atoms with Crippen LogP contribution in [0.25, 0.3) is 0 Å². The van der Waals surface area contributed by atoms with Crippen LogP contribution in [0.4, 0.5) is 0 Å². The summed E-state index contributed by atoms with van der Waals surface area (Å²) in [7, 11) is -2.62. The van der Waals surface area contributed by atoms with Gasteiger partial charge in [-0.3, -0.25) is 0 Å². The van der Waals surface area contributed by atoms with Crippen molar-refractivity contribution in [2.24, 2.45) is 0 Å². The summed E-state index contributed by atoms with van der Waals surface area (Å²) in [6, 6.07) is 0. The third-order valence-corrected chi connectivity index (χ3v) is 0. The Kier molecular flexibility index (Phi) is 53.4. The summed E-state index contributed by atoms with van der Waals surface area (Å²) in [5.41, 5.74) is 0. The summed E-state index contributed by atoms with van der Waals surface area (Å²) in [5, 5.41) is 59.0. The second-order valence-corrected chi connectivity index (χ2v) is 1.70. The van der Waals surface area contributed by atoms with E-state index in [1.165, 1.54) is 0 Å². The van der Waals surface area contributed by atoms with Crippen LogP contribution in [-0.4, -0.2) is 35.0 Å². The van der Waals surface area contributed by atoms with Crippen LogP contribution in [0.2, 0.25) is 0 Å². The Morgan fingerprint density at radius 1 is 0.524 bits per heavy atom. The first kappa shape index (κ1) is 36.4. The smallest absolute Gasteiger partial charge is 0.356 e. The number of hydrogen-bond acceptors (Lipinski definition) is 15. The van der Waals surface area contributed by atoms with E-state index in [1.54, 1.807) is 0 Å². The fraction of sp³-hybridized carbons (Fsp3) is 0. The van der Waals surface area contributed by atoms with E-state index in [2.05, 4.69) is 0 Å². The Morgan fingerprint density at radius 3 is 0.524 bits per heavy atom. The molecule has 0 fully saturated rings. The Labute approximate surface area is 131 Å². The van der Waals surface area contributed by atoms with Crippen molar-refractivity contribution in [3.63, 3.8) is 0 Å². The van der Waals surface area contributed by atoms with Gasteiger partial charge in [0.2, 0.25) is 0 Å². The summed E-state index contributed by atoms with van der Waals surface area (Å²) < 4.78 is 0. The van der Waals surface area contributed by atoms with Gasteiger partial charge in [-0.05, 0) is 0 Å². The Bertz CT molecular complexity index is 198. The topological polar surface area (TPSA) is 325 Å². The molecule has 0 saturated heterocycles. The monoisotopic (exact) mass is 420 g/mol. The molecular formula is H3N4O15PZr. The number of rotatable bonds is 0. The van der Waals surface area contributed by atoms with Crippen molar-refractivity contribution in [2.45, 2.75) is 0 Å². The molecule has 0 spiro atoms. The first-order valence-corrected chi connectivity index (χ1v) is 3.99. The molecule has 3 N–H and O–H groups in total. The van der Waals surface area contributed by atoms with Gasteiger partial charge in [-0.25, -0.2) is 0 Å². The minimum absolute atomic E-state index is 0. The van der Waals surface area contributed by atoms with Crippen molar-refractivity contribution in [3.05, 3.63) is 61.3 Å². The van der Waals surface area contributed by atoms with Crippen LogP contribution < -0.4 is 0 Å². The average molecular weight is 421 g/mol. The van der Waals surface area contributed by atoms with Crippen molar-refractivity contribution >= 4 is 8.60 Å². The van der Waals surface area contributed by atoms with Gasteiger partial charge in [-0.1, -0.05) is 0 Å². The zero-order valence-electron chi connectivity index (χ0n) is 8.98. The molecule has 122 valence electrons. The molecule has 0 amide bonds. The maximum absolute atomic E-state index is 8.25. The summed E-state index contributed by atoms with van der Waals surface area (Å²) in [5.74, 6) is 0. The van der Waals surface area contributed by atoms with Crippen molar-refractivity contribution in [3.8, 4) is 0 Å². The molecule has 0 unspecified atom stereocenters. The molecule has 21 heavy (non-hydrogen) atoms. The van der Waals surface area contributed by atoms with Gasteiger partial charge in [-0.2, -0.15) is 0 Å². The predicted octanol–water partition coefficient (Wildman–Crippen LogP) is -1.77. The molecule has 0 aliphatic rings. The van der Waals surface area contributed by atoms with E-state index >= 15 is 0 Å². The van der Waals surface area contributed by atoms with E-state index in [4.69, 9.17) is 76.0 Å². The Balaban J connectivity index is -0.0000000331. The standard InChI is InChI=1S/4NO3.H3O3P.Zr/c4*2-1(3)4;1-4(2)3;/h;;;;1-3H;/q4*-1;;+4. The van der Waals surface area contributed by atoms with Crippen LogP contribution in [-0.2, 0) is 26.2 Å². The molecule has 0 aromatic rings. The van der Waals surface area contributed by atoms with Gasteiger partial charge in [0.05, 0.1) is 20.3 Å². The maximum atomic E-state index is 8.25. The molecule has 0 heterocycles. The van der Waals surface area contributed by atoms with Gasteiger partial charge in [-0.15, -0.1) is 0 Å². The van der Waals surface area contributed by atoms with Crippen LogP contribution >= 0.6 is 8.60 Å². The van der Waals surface area contributed by atoms with E-state index in [9.17, 15) is 0 Å². The first-order valence-electron chi connectivity index (χ1n) is 2.79. The van der Waals surface area contributed by atoms with Crippen molar-refractivity contribution in [1.82, 2.24) is 0 Å². The Morgan fingerprint density at radius 2 is 0.524 bits per heavy atom. The van der Waals surface area contributed by atoms with E-state index < -0.39 is 28.9 Å². The summed E-state index contributed by atoms with van der Waals surface area (Å²) in [6.45, 7) is 0. The fourth-order valence-electron chi connectivity index (χ4n) is 0. The van der Waals surface area contributed by atoms with Gasteiger partial charge in [0.25, 0.3) is 0 Å². The van der Waals surface area contributed by atoms with Crippen LogP contribution in [0.5, 0.6) is 0 Å². The second kappa shape index (κ2) is 30.8. The van der Waals surface area contributed by atoms with Crippen molar-refractivity contribution < 1.29 is 61.2 Å². The molecule has 0 bridgehead atoms. The van der Waals surface area contributed by atoms with Crippen LogP contribution in [0.3, 0.4) is 0 Å². The van der Waals surface area contributed by atoms with Crippen molar-refractivity contribution in [2.75, 3.05) is 0 Å². The van der Waals surface area contributed by atoms with Gasteiger partial charge >= 0.3 is 34.8 Å². The second-order valence-electron chi connectivity index (χ2n) is 1.16. The molecule has 21 heteroatoms. The molecular weight excluding hydrogens is 418 g/mol. The molecule has 0 radical (unpaired) electrons. The maximum Gasteiger partial charge on any atom is 4.00 e. The molecule has 0 rings (SSSR count). The third kappa shape index (κ3) is 1140. The number of hydrogen-bond donors (Lipinski definition) is 3. The zero-order chi connectivity index (χ0) is 17.9. The fourth-order valence-corrected chi connectivity index (χ4v) is 0. The van der Waals surface area contributed by atoms with Crippen LogP contribution in [0.1, 0.15) is 0 Å². The van der Waals surface area contributed by atoms with E-state index in [-0.39, 0.29) is 26.2 Å². The SMILES string of the molecule is O=[N+]([O-])[O-].O=[N+]([O-])[O-].O=[N+]([O-])[O-].O=[N+]([O-])[O-].OP(O)O.[Zr+4]. The van der Waals surface area contributed by atoms with Crippen molar-refractivity contribution in [1.29, 1.82) is 0 Å². The molecule has 0 aliphatic heterocycles. The molecule has 0 aromatic carbocycles. The summed E-state index contributed by atoms with van der Waals surface area (Å²) in [4.78, 5) is 54.7. The van der Waals surface area contributed by atoms with Crippen LogP contribution in [0.15, 0.2) is 0 Å². The Hall–Kier alpha value is -2.01. The normalized spacial score (nSPS) is 6.29. The van der Waals surface area contributed by atoms with Gasteiger partial charge in [0, 0.05) is 0 Å². The van der Waals surface area contributed by atoms with Gasteiger partial charge in [0.1, 0.15) is 0 Å². The summed E-state index contributed by atoms with van der Waals surface area (Å²) >= 11 is 0. The molecule has 0 saturated carbocycles. The molecule has 0 aromatic heterocycles. The first-order chi connectivity index (χ1) is 8.66. The van der Waals surface area contributed by atoms with Crippen LogP contribution in [0, 0.1) is 61.3 Å². The van der Waals surface area contributed by atoms with E-state index in [0.29, 0.717) is 0 Å².